The molecule has 0 heterocycles. The largest absolute Gasteiger partial charge is 0.395 e. The fourth-order valence-electron chi connectivity index (χ4n) is 4.50. The zero-order valence-electron chi connectivity index (χ0n) is 21.0. The van der Waals surface area contributed by atoms with E-state index in [1.807, 2.05) is 0 Å². The minimum Gasteiger partial charge on any atom is -0.395 e. The van der Waals surface area contributed by atoms with Crippen molar-refractivity contribution >= 4 is 23.7 Å². The number of halogens is 1. The third kappa shape index (κ3) is 14.8. The van der Waals surface area contributed by atoms with Crippen LogP contribution in [-0.2, 0) is 13.9 Å². The smallest absolute Gasteiger partial charge is 0.324 e. The SMILES string of the molecule is CC(C#N)CNC(=O)CCCCCN(CCCCCC(=O)OCl)CCN(CCO)C1CCCC1. The molecule has 1 atom stereocenters. The molecule has 1 fully saturated rings. The van der Waals surface area contributed by atoms with E-state index in [0.717, 1.165) is 71.2 Å². The van der Waals surface area contributed by atoms with Crippen LogP contribution in [-0.4, -0.2) is 78.7 Å². The second-order valence-electron chi connectivity index (χ2n) is 9.44. The van der Waals surface area contributed by atoms with Crippen LogP contribution < -0.4 is 5.32 Å². The molecule has 34 heavy (non-hydrogen) atoms. The molecule has 2 N–H and O–H groups in total. The molecular formula is C25H45ClN4O4. The summed E-state index contributed by atoms with van der Waals surface area (Å²) in [5.41, 5.74) is 0. The Bertz CT molecular complexity index is 596. The zero-order valence-corrected chi connectivity index (χ0v) is 21.7. The number of hydrogen-bond donors (Lipinski definition) is 2. The van der Waals surface area contributed by atoms with Gasteiger partial charge in [0.15, 0.2) is 0 Å². The number of nitriles is 1. The van der Waals surface area contributed by atoms with E-state index in [1.165, 1.54) is 25.7 Å². The van der Waals surface area contributed by atoms with Crippen LogP contribution in [0.25, 0.3) is 0 Å². The molecule has 1 amide bonds. The number of nitrogens with one attached hydrogen (secondary N) is 1. The van der Waals surface area contributed by atoms with Crippen molar-refractivity contribution < 1.29 is 19.0 Å². The molecule has 196 valence electrons. The number of carbonyl (C=O) groups is 2. The number of carbonyl (C=O) groups excluding carboxylic acids is 2. The van der Waals surface area contributed by atoms with Gasteiger partial charge in [-0.2, -0.15) is 5.26 Å². The number of unbranched alkanes of at least 4 members (excludes halogenated alkanes) is 4. The van der Waals surface area contributed by atoms with Crippen molar-refractivity contribution in [2.24, 2.45) is 5.92 Å². The first-order valence-corrected chi connectivity index (χ1v) is 13.4. The van der Waals surface area contributed by atoms with Crippen LogP contribution in [0.4, 0.5) is 0 Å². The number of aliphatic hydroxyl groups excluding tert-OH is 1. The maximum absolute atomic E-state index is 11.9. The fourth-order valence-corrected chi connectivity index (χ4v) is 4.58. The number of amides is 1. The molecule has 9 heteroatoms. The number of rotatable bonds is 20. The van der Waals surface area contributed by atoms with Crippen molar-refractivity contribution in [1.82, 2.24) is 15.1 Å². The predicted octanol–water partition coefficient (Wildman–Crippen LogP) is 3.62. The lowest BCUT2D eigenvalue weighted by molar-refractivity contribution is -0.134. The predicted molar refractivity (Wildman–Crippen MR) is 134 cm³/mol. The van der Waals surface area contributed by atoms with Crippen molar-refractivity contribution in [3.63, 3.8) is 0 Å². The van der Waals surface area contributed by atoms with Gasteiger partial charge in [0.05, 0.1) is 18.6 Å². The summed E-state index contributed by atoms with van der Waals surface area (Å²) in [6.45, 7) is 7.02. The molecule has 0 radical (unpaired) electrons. The Morgan fingerprint density at radius 1 is 1.03 bits per heavy atom. The summed E-state index contributed by atoms with van der Waals surface area (Å²) in [5, 5.41) is 21.1. The third-order valence-corrected chi connectivity index (χ3v) is 6.75. The molecule has 0 aliphatic heterocycles. The van der Waals surface area contributed by atoms with E-state index in [2.05, 4.69) is 25.5 Å². The van der Waals surface area contributed by atoms with Gasteiger partial charge in [-0.15, -0.1) is 0 Å². The highest BCUT2D eigenvalue weighted by molar-refractivity contribution is 6.13. The molecule has 0 bridgehead atoms. The minimum atomic E-state index is -0.374. The highest BCUT2D eigenvalue weighted by Gasteiger charge is 2.22. The Balaban J connectivity index is 2.38. The van der Waals surface area contributed by atoms with Gasteiger partial charge in [0.25, 0.3) is 0 Å². The molecule has 8 nitrogen and oxygen atoms in total. The Morgan fingerprint density at radius 2 is 1.68 bits per heavy atom. The summed E-state index contributed by atoms with van der Waals surface area (Å²) >= 11 is 5.09. The molecule has 0 aromatic heterocycles. The van der Waals surface area contributed by atoms with Crippen molar-refractivity contribution in [2.45, 2.75) is 90.0 Å². The summed E-state index contributed by atoms with van der Waals surface area (Å²) in [7, 11) is 0. The van der Waals surface area contributed by atoms with Gasteiger partial charge in [-0.1, -0.05) is 25.7 Å². The normalized spacial score (nSPS) is 14.9. The van der Waals surface area contributed by atoms with Crippen LogP contribution in [0.3, 0.4) is 0 Å². The van der Waals surface area contributed by atoms with Crippen molar-refractivity contribution in [2.75, 3.05) is 45.9 Å². The van der Waals surface area contributed by atoms with E-state index in [-0.39, 0.29) is 24.4 Å². The topological polar surface area (TPSA) is 106 Å². The Morgan fingerprint density at radius 3 is 2.26 bits per heavy atom. The molecule has 1 aliphatic carbocycles. The second-order valence-corrected chi connectivity index (χ2v) is 9.60. The van der Waals surface area contributed by atoms with Gasteiger partial charge in [0, 0.05) is 45.1 Å². The van der Waals surface area contributed by atoms with Gasteiger partial charge in [-0.05, 0) is 58.5 Å². The first kappa shape index (κ1) is 30.6. The van der Waals surface area contributed by atoms with Crippen LogP contribution in [0, 0.1) is 17.2 Å². The molecule has 0 spiro atoms. The molecule has 1 unspecified atom stereocenters. The Labute approximate surface area is 211 Å². The average Bonchev–Trinajstić information content (AvgIpc) is 3.38. The van der Waals surface area contributed by atoms with Gasteiger partial charge in [0.1, 0.15) is 11.9 Å². The average molecular weight is 501 g/mol. The number of hydrogen-bond acceptors (Lipinski definition) is 7. The lowest BCUT2D eigenvalue weighted by Gasteiger charge is -2.31. The summed E-state index contributed by atoms with van der Waals surface area (Å²) in [4.78, 5) is 28.0. The van der Waals surface area contributed by atoms with E-state index < -0.39 is 0 Å². The maximum atomic E-state index is 11.9. The first-order valence-electron chi connectivity index (χ1n) is 13.0. The number of aliphatic hydroxyl groups is 1. The number of nitrogens with zero attached hydrogens (tertiary/aromatic N) is 3. The third-order valence-electron chi connectivity index (χ3n) is 6.58. The molecule has 1 rings (SSSR count). The lowest BCUT2D eigenvalue weighted by Crippen LogP contribution is -2.42. The minimum absolute atomic E-state index is 0.0191. The van der Waals surface area contributed by atoms with Gasteiger partial charge < -0.3 is 19.6 Å². The zero-order chi connectivity index (χ0) is 25.0. The molecule has 0 saturated heterocycles. The summed E-state index contributed by atoms with van der Waals surface area (Å²) in [6, 6.07) is 2.72. The standard InChI is InChI=1S/C25H45ClN4O4/c1-22(20-27)21-28-24(32)12-4-2-8-14-29(15-9-3-5-13-25(33)34-26)16-17-30(18-19-31)23-10-6-7-11-23/h22-23,31H,2-19,21H2,1H3,(H,28,32). The van der Waals surface area contributed by atoms with Crippen molar-refractivity contribution in [1.29, 1.82) is 5.26 Å². The summed E-state index contributed by atoms with van der Waals surface area (Å²) in [6.07, 6.45) is 11.5. The molecule has 1 saturated carbocycles. The van der Waals surface area contributed by atoms with Gasteiger partial charge in [-0.25, -0.2) is 0 Å². The van der Waals surface area contributed by atoms with E-state index in [9.17, 15) is 14.7 Å². The highest BCUT2D eigenvalue weighted by atomic mass is 35.5. The van der Waals surface area contributed by atoms with Crippen LogP contribution in [0.5, 0.6) is 0 Å². The summed E-state index contributed by atoms with van der Waals surface area (Å²) < 4.78 is 4.19. The van der Waals surface area contributed by atoms with Gasteiger partial charge in [0.2, 0.25) is 5.91 Å². The monoisotopic (exact) mass is 500 g/mol. The van der Waals surface area contributed by atoms with E-state index in [4.69, 9.17) is 17.1 Å². The Hall–Kier alpha value is -1.40. The van der Waals surface area contributed by atoms with Crippen LogP contribution in [0.1, 0.15) is 84.0 Å². The van der Waals surface area contributed by atoms with Gasteiger partial charge >= 0.3 is 5.97 Å². The van der Waals surface area contributed by atoms with Crippen molar-refractivity contribution in [3.8, 4) is 6.07 Å². The second kappa shape index (κ2) is 19.9. The molecule has 1 aliphatic rings. The maximum Gasteiger partial charge on any atom is 0.324 e. The molecule has 0 aromatic rings. The van der Waals surface area contributed by atoms with E-state index in [1.54, 1.807) is 6.92 Å². The van der Waals surface area contributed by atoms with Crippen molar-refractivity contribution in [3.05, 3.63) is 0 Å². The first-order chi connectivity index (χ1) is 16.5. The fraction of sp³-hybridized carbons (Fsp3) is 0.880. The van der Waals surface area contributed by atoms with E-state index in [0.29, 0.717) is 25.4 Å². The Kier molecular flexibility index (Phi) is 17.9. The highest BCUT2D eigenvalue weighted by Crippen LogP contribution is 2.23. The van der Waals surface area contributed by atoms with Crippen LogP contribution in [0.2, 0.25) is 0 Å². The quantitative estimate of drug-likeness (QED) is 0.246. The summed E-state index contributed by atoms with van der Waals surface area (Å²) in [5.74, 6) is -0.515. The lowest BCUT2D eigenvalue weighted by atomic mass is 10.1. The molecular weight excluding hydrogens is 456 g/mol. The molecule has 0 aromatic carbocycles. The van der Waals surface area contributed by atoms with Crippen LogP contribution in [0.15, 0.2) is 0 Å². The van der Waals surface area contributed by atoms with Gasteiger partial charge in [-0.3, -0.25) is 14.5 Å². The van der Waals surface area contributed by atoms with Crippen LogP contribution >= 0.6 is 11.9 Å². The van der Waals surface area contributed by atoms with E-state index >= 15 is 0 Å².